The van der Waals surface area contributed by atoms with Crippen LogP contribution in [-0.4, -0.2) is 24.5 Å². The molecule has 1 aliphatic heterocycles. The van der Waals surface area contributed by atoms with Crippen LogP contribution in [0.4, 0.5) is 0 Å². The van der Waals surface area contributed by atoms with Crippen LogP contribution in [0.15, 0.2) is 81.2 Å². The first-order chi connectivity index (χ1) is 16.0. The number of thiocarbonyl (C=S) groups is 1. The van der Waals surface area contributed by atoms with Crippen LogP contribution in [0.1, 0.15) is 11.3 Å². The van der Waals surface area contributed by atoms with E-state index in [0.29, 0.717) is 26.5 Å². The summed E-state index contributed by atoms with van der Waals surface area (Å²) in [4.78, 5) is 32.6. The Morgan fingerprint density at radius 3 is 2.73 bits per heavy atom. The number of amides is 1. The Morgan fingerprint density at radius 1 is 1.12 bits per heavy atom. The SMILES string of the molecule is O=C1/C(=C\c2c(Oc3ccccc3Cl)nc3ccccn3c2=O)SC(=S)N1Cc1ccco1. The molecule has 5 rings (SSSR count). The van der Waals surface area contributed by atoms with Crippen molar-refractivity contribution in [3.05, 3.63) is 98.7 Å². The molecule has 0 saturated carbocycles. The minimum absolute atomic E-state index is 0.0376. The number of furan rings is 1. The van der Waals surface area contributed by atoms with Gasteiger partial charge in [-0.05, 0) is 42.5 Å². The van der Waals surface area contributed by atoms with E-state index < -0.39 is 0 Å². The molecule has 1 fully saturated rings. The fourth-order valence-corrected chi connectivity index (χ4v) is 4.65. The number of nitrogens with zero attached hydrogens (tertiary/aromatic N) is 3. The lowest BCUT2D eigenvalue weighted by atomic mass is 10.2. The molecule has 3 aromatic heterocycles. The summed E-state index contributed by atoms with van der Waals surface area (Å²) in [7, 11) is 0. The molecule has 0 aliphatic carbocycles. The summed E-state index contributed by atoms with van der Waals surface area (Å²) in [6.07, 6.45) is 4.59. The van der Waals surface area contributed by atoms with Gasteiger partial charge in [-0.15, -0.1) is 0 Å². The zero-order valence-corrected chi connectivity index (χ0v) is 19.2. The smallest absolute Gasteiger partial charge is 0.269 e. The van der Waals surface area contributed by atoms with Crippen LogP contribution in [0, 0.1) is 0 Å². The molecule has 164 valence electrons. The van der Waals surface area contributed by atoms with Gasteiger partial charge in [-0.1, -0.05) is 53.8 Å². The Labute approximate surface area is 202 Å². The van der Waals surface area contributed by atoms with Gasteiger partial charge in [-0.2, -0.15) is 4.98 Å². The minimum atomic E-state index is -0.390. The van der Waals surface area contributed by atoms with Crippen LogP contribution >= 0.6 is 35.6 Å². The minimum Gasteiger partial charge on any atom is -0.467 e. The van der Waals surface area contributed by atoms with Crippen LogP contribution in [0.2, 0.25) is 5.02 Å². The van der Waals surface area contributed by atoms with Crippen molar-refractivity contribution in [1.82, 2.24) is 14.3 Å². The average Bonchev–Trinajstić information content (AvgIpc) is 3.42. The lowest BCUT2D eigenvalue weighted by molar-refractivity contribution is -0.122. The average molecular weight is 496 g/mol. The second-order valence-electron chi connectivity index (χ2n) is 6.94. The quantitative estimate of drug-likeness (QED) is 0.280. The van der Waals surface area contributed by atoms with Crippen molar-refractivity contribution in [2.45, 2.75) is 6.54 Å². The summed E-state index contributed by atoms with van der Waals surface area (Å²) in [6.45, 7) is 0.201. The van der Waals surface area contributed by atoms with Crippen molar-refractivity contribution in [1.29, 1.82) is 0 Å². The Hall–Kier alpha value is -3.40. The van der Waals surface area contributed by atoms with Crippen molar-refractivity contribution in [3.8, 4) is 11.6 Å². The number of rotatable bonds is 5. The Bertz CT molecular complexity index is 1480. The van der Waals surface area contributed by atoms with E-state index in [1.807, 2.05) is 0 Å². The van der Waals surface area contributed by atoms with Gasteiger partial charge in [0, 0.05) is 6.20 Å². The molecule has 1 aromatic carbocycles. The molecule has 0 atom stereocenters. The highest BCUT2D eigenvalue weighted by atomic mass is 35.5. The van der Waals surface area contributed by atoms with E-state index in [4.69, 9.17) is 33.0 Å². The van der Waals surface area contributed by atoms with Gasteiger partial charge in [0.15, 0.2) is 0 Å². The number of halogens is 1. The lowest BCUT2D eigenvalue weighted by Crippen LogP contribution is -2.27. The van der Waals surface area contributed by atoms with E-state index in [9.17, 15) is 9.59 Å². The highest BCUT2D eigenvalue weighted by molar-refractivity contribution is 8.26. The maximum atomic E-state index is 13.3. The molecule has 1 amide bonds. The highest BCUT2D eigenvalue weighted by Gasteiger charge is 2.33. The number of aromatic nitrogens is 2. The summed E-state index contributed by atoms with van der Waals surface area (Å²) < 4.78 is 13.0. The molecule has 0 bridgehead atoms. The molecule has 1 aliphatic rings. The molecule has 0 N–H and O–H groups in total. The molecular formula is C23H14ClN3O4S2. The van der Waals surface area contributed by atoms with E-state index in [1.165, 1.54) is 21.6 Å². The summed E-state index contributed by atoms with van der Waals surface area (Å²) >= 11 is 12.7. The third kappa shape index (κ3) is 4.18. The topological polar surface area (TPSA) is 77.0 Å². The van der Waals surface area contributed by atoms with E-state index >= 15 is 0 Å². The van der Waals surface area contributed by atoms with Crippen LogP contribution in [0.25, 0.3) is 11.7 Å². The number of benzene rings is 1. The predicted molar refractivity (Wildman–Crippen MR) is 130 cm³/mol. The molecule has 4 aromatic rings. The van der Waals surface area contributed by atoms with E-state index in [1.54, 1.807) is 60.8 Å². The number of hydrogen-bond acceptors (Lipinski definition) is 7. The number of ether oxygens (including phenoxy) is 1. The van der Waals surface area contributed by atoms with Gasteiger partial charge >= 0.3 is 0 Å². The van der Waals surface area contributed by atoms with Crippen molar-refractivity contribution in [2.24, 2.45) is 0 Å². The molecule has 4 heterocycles. The monoisotopic (exact) mass is 495 g/mol. The lowest BCUT2D eigenvalue weighted by Gasteiger charge is -2.12. The number of thioether (sulfide) groups is 1. The molecule has 0 spiro atoms. The number of hydrogen-bond donors (Lipinski definition) is 0. The highest BCUT2D eigenvalue weighted by Crippen LogP contribution is 2.35. The first-order valence-corrected chi connectivity index (χ1v) is 11.3. The fraction of sp³-hybridized carbons (Fsp3) is 0.0435. The van der Waals surface area contributed by atoms with Gasteiger partial charge in [0.2, 0.25) is 5.88 Å². The van der Waals surface area contributed by atoms with Crippen LogP contribution in [0.5, 0.6) is 11.6 Å². The van der Waals surface area contributed by atoms with Crippen molar-refractivity contribution in [2.75, 3.05) is 0 Å². The second kappa shape index (κ2) is 8.86. The first kappa shape index (κ1) is 21.4. The van der Waals surface area contributed by atoms with Gasteiger partial charge in [0.25, 0.3) is 11.5 Å². The maximum Gasteiger partial charge on any atom is 0.269 e. The van der Waals surface area contributed by atoms with Gasteiger partial charge in [-0.25, -0.2) is 0 Å². The summed E-state index contributed by atoms with van der Waals surface area (Å²) in [5.74, 6) is 0.646. The Balaban J connectivity index is 1.59. The Kier molecular flexibility index (Phi) is 5.76. The van der Waals surface area contributed by atoms with Gasteiger partial charge in [0.1, 0.15) is 27.0 Å². The van der Waals surface area contributed by atoms with Gasteiger partial charge in [0.05, 0.1) is 22.7 Å². The molecule has 1 saturated heterocycles. The zero-order valence-electron chi connectivity index (χ0n) is 16.8. The number of fused-ring (bicyclic) bond motifs is 1. The van der Waals surface area contributed by atoms with E-state index in [2.05, 4.69) is 4.98 Å². The van der Waals surface area contributed by atoms with Crippen molar-refractivity contribution < 1.29 is 13.9 Å². The van der Waals surface area contributed by atoms with Crippen LogP contribution in [0.3, 0.4) is 0 Å². The molecule has 0 unspecified atom stereocenters. The maximum absolute atomic E-state index is 13.3. The van der Waals surface area contributed by atoms with E-state index in [0.717, 1.165) is 11.8 Å². The fourth-order valence-electron chi connectivity index (χ4n) is 3.24. The van der Waals surface area contributed by atoms with E-state index in [-0.39, 0.29) is 34.4 Å². The standard InChI is InChI=1S/C23H14ClN3O4S2/c24-16-7-1-2-8-17(16)31-20-15(21(28)26-10-4-3-9-19(26)25-20)12-18-22(29)27(23(32)33-18)13-14-6-5-11-30-14/h1-12H,13H2/b18-12+. The normalized spacial score (nSPS) is 15.1. The number of pyridine rings is 1. The molecular weight excluding hydrogens is 482 g/mol. The molecule has 33 heavy (non-hydrogen) atoms. The molecule has 0 radical (unpaired) electrons. The van der Waals surface area contributed by atoms with Crippen molar-refractivity contribution >= 4 is 57.5 Å². The summed E-state index contributed by atoms with van der Waals surface area (Å²) in [5, 5.41) is 0.364. The third-order valence-corrected chi connectivity index (χ3v) is 6.51. The molecule has 7 nitrogen and oxygen atoms in total. The van der Waals surface area contributed by atoms with Crippen LogP contribution in [-0.2, 0) is 11.3 Å². The largest absolute Gasteiger partial charge is 0.467 e. The third-order valence-electron chi connectivity index (χ3n) is 4.82. The number of para-hydroxylation sites is 1. The molecule has 10 heteroatoms. The number of carbonyl (C=O) groups is 1. The Morgan fingerprint density at radius 2 is 1.94 bits per heavy atom. The first-order valence-electron chi connectivity index (χ1n) is 9.73. The zero-order chi connectivity index (χ0) is 22.9. The van der Waals surface area contributed by atoms with Gasteiger partial charge < -0.3 is 9.15 Å². The van der Waals surface area contributed by atoms with Crippen LogP contribution < -0.4 is 10.3 Å². The predicted octanol–water partition coefficient (Wildman–Crippen LogP) is 5.13. The summed E-state index contributed by atoms with van der Waals surface area (Å²) in [6, 6.07) is 15.5. The van der Waals surface area contributed by atoms with Gasteiger partial charge in [-0.3, -0.25) is 18.9 Å². The van der Waals surface area contributed by atoms with Crippen molar-refractivity contribution in [3.63, 3.8) is 0 Å². The second-order valence-corrected chi connectivity index (χ2v) is 9.03. The number of carbonyl (C=O) groups excluding carboxylic acids is 1. The summed E-state index contributed by atoms with van der Waals surface area (Å²) in [5.41, 5.74) is 0.114.